The Morgan fingerprint density at radius 1 is 1.43 bits per heavy atom. The molecule has 1 aliphatic carbocycles. The fourth-order valence-electron chi connectivity index (χ4n) is 3.47. The molecule has 0 radical (unpaired) electrons. The molecule has 2 aliphatic rings. The minimum absolute atomic E-state index is 0.0609. The van der Waals surface area contributed by atoms with E-state index in [9.17, 15) is 9.90 Å². The number of hydrogen-bond donors (Lipinski definition) is 3. The number of nitrogens with one attached hydrogen (secondary N) is 2. The monoisotopic (exact) mass is 309 g/mol. The summed E-state index contributed by atoms with van der Waals surface area (Å²) < 4.78 is 0. The van der Waals surface area contributed by atoms with Crippen molar-refractivity contribution in [2.45, 2.75) is 44.2 Å². The summed E-state index contributed by atoms with van der Waals surface area (Å²) in [6.07, 6.45) is 4.05. The molecule has 1 aliphatic heterocycles. The van der Waals surface area contributed by atoms with Crippen LogP contribution in [0.2, 0.25) is 0 Å². The van der Waals surface area contributed by atoms with Gasteiger partial charge in [0.1, 0.15) is 0 Å². The average molecular weight is 309 g/mol. The number of carbonyl (C=O) groups excluding carboxylic acids is 1. The van der Waals surface area contributed by atoms with E-state index in [1.54, 1.807) is 5.51 Å². The van der Waals surface area contributed by atoms with Crippen LogP contribution in [0.3, 0.4) is 0 Å². The van der Waals surface area contributed by atoms with Gasteiger partial charge in [-0.25, -0.2) is 4.98 Å². The van der Waals surface area contributed by atoms with Crippen LogP contribution < -0.4 is 10.6 Å². The lowest BCUT2D eigenvalue weighted by molar-refractivity contribution is -0.123. The molecule has 1 saturated carbocycles. The Kier molecular flexibility index (Phi) is 4.87. The molecular weight excluding hydrogens is 286 g/mol. The molecular formula is C15H23N3O2S. The minimum atomic E-state index is -0.172. The van der Waals surface area contributed by atoms with Crippen LogP contribution in [-0.2, 0) is 11.2 Å². The molecule has 6 heteroatoms. The van der Waals surface area contributed by atoms with E-state index >= 15 is 0 Å². The number of carbonyl (C=O) groups is 1. The average Bonchev–Trinajstić information content (AvgIpc) is 2.95. The predicted molar refractivity (Wildman–Crippen MR) is 82.1 cm³/mol. The summed E-state index contributed by atoms with van der Waals surface area (Å²) in [6, 6.07) is 0.210. The maximum absolute atomic E-state index is 12.3. The van der Waals surface area contributed by atoms with Gasteiger partial charge in [0.15, 0.2) is 0 Å². The van der Waals surface area contributed by atoms with Gasteiger partial charge < -0.3 is 15.7 Å². The number of piperidine rings is 1. The zero-order chi connectivity index (χ0) is 14.7. The SMILES string of the molecule is O=C(Cc1cscn1)N[C@@H](C1CCNCC1)C1CC(O)C1. The molecule has 1 aromatic heterocycles. The zero-order valence-corrected chi connectivity index (χ0v) is 12.9. The Balaban J connectivity index is 1.59. The second kappa shape index (κ2) is 6.85. The van der Waals surface area contributed by atoms with Crippen LogP contribution in [-0.4, -0.2) is 41.2 Å². The van der Waals surface area contributed by atoms with Crippen molar-refractivity contribution < 1.29 is 9.90 Å². The van der Waals surface area contributed by atoms with Gasteiger partial charge in [-0.2, -0.15) is 0 Å². The van der Waals surface area contributed by atoms with E-state index < -0.39 is 0 Å². The van der Waals surface area contributed by atoms with Gasteiger partial charge in [-0.15, -0.1) is 11.3 Å². The van der Waals surface area contributed by atoms with E-state index in [1.807, 2.05) is 5.38 Å². The third kappa shape index (κ3) is 3.81. The Bertz CT molecular complexity index is 453. The van der Waals surface area contributed by atoms with Gasteiger partial charge in [0.05, 0.1) is 23.7 Å². The number of aromatic nitrogens is 1. The second-order valence-electron chi connectivity index (χ2n) is 6.22. The second-order valence-corrected chi connectivity index (χ2v) is 6.94. The van der Waals surface area contributed by atoms with E-state index in [4.69, 9.17) is 0 Å². The third-order valence-corrected chi connectivity index (χ3v) is 5.34. The van der Waals surface area contributed by atoms with Crippen molar-refractivity contribution in [1.29, 1.82) is 0 Å². The molecule has 0 aromatic carbocycles. The van der Waals surface area contributed by atoms with Gasteiger partial charge in [-0.1, -0.05) is 0 Å². The first-order valence-electron chi connectivity index (χ1n) is 7.77. The lowest BCUT2D eigenvalue weighted by Crippen LogP contribution is -2.53. The smallest absolute Gasteiger partial charge is 0.226 e. The van der Waals surface area contributed by atoms with E-state index in [0.717, 1.165) is 44.5 Å². The van der Waals surface area contributed by atoms with Crippen molar-refractivity contribution in [2.75, 3.05) is 13.1 Å². The molecule has 3 N–H and O–H groups in total. The summed E-state index contributed by atoms with van der Waals surface area (Å²) in [7, 11) is 0. The number of rotatable bonds is 5. The summed E-state index contributed by atoms with van der Waals surface area (Å²) in [4.78, 5) is 16.4. The lowest BCUT2D eigenvalue weighted by Gasteiger charge is -2.43. The zero-order valence-electron chi connectivity index (χ0n) is 12.1. The molecule has 2 heterocycles. The number of aliphatic hydroxyl groups excluding tert-OH is 1. The first kappa shape index (κ1) is 14.9. The van der Waals surface area contributed by atoms with Gasteiger partial charge in [0.25, 0.3) is 0 Å². The van der Waals surface area contributed by atoms with Crippen molar-refractivity contribution in [3.05, 3.63) is 16.6 Å². The summed E-state index contributed by atoms with van der Waals surface area (Å²) >= 11 is 1.52. The molecule has 0 unspecified atom stereocenters. The van der Waals surface area contributed by atoms with Gasteiger partial charge >= 0.3 is 0 Å². The highest BCUT2D eigenvalue weighted by Crippen LogP contribution is 2.35. The van der Waals surface area contributed by atoms with Crippen LogP contribution in [0.15, 0.2) is 10.9 Å². The van der Waals surface area contributed by atoms with Crippen LogP contribution in [0.5, 0.6) is 0 Å². The van der Waals surface area contributed by atoms with Crippen LogP contribution in [0, 0.1) is 11.8 Å². The number of aliphatic hydroxyl groups is 1. The largest absolute Gasteiger partial charge is 0.393 e. The van der Waals surface area contributed by atoms with E-state index in [-0.39, 0.29) is 18.1 Å². The van der Waals surface area contributed by atoms with Crippen molar-refractivity contribution in [3.8, 4) is 0 Å². The van der Waals surface area contributed by atoms with Gasteiger partial charge in [-0.05, 0) is 50.6 Å². The molecule has 21 heavy (non-hydrogen) atoms. The van der Waals surface area contributed by atoms with E-state index in [1.165, 1.54) is 11.3 Å². The number of thiazole rings is 1. The van der Waals surface area contributed by atoms with Crippen LogP contribution >= 0.6 is 11.3 Å². The first-order valence-corrected chi connectivity index (χ1v) is 8.72. The van der Waals surface area contributed by atoms with Gasteiger partial charge in [-0.3, -0.25) is 4.79 Å². The Hall–Kier alpha value is -0.980. The molecule has 116 valence electrons. The molecule has 0 bridgehead atoms. The molecule has 2 fully saturated rings. The van der Waals surface area contributed by atoms with Crippen LogP contribution in [0.25, 0.3) is 0 Å². The fourth-order valence-corrected chi connectivity index (χ4v) is 4.03. The highest BCUT2D eigenvalue weighted by Gasteiger charge is 2.39. The van der Waals surface area contributed by atoms with Crippen molar-refractivity contribution in [1.82, 2.24) is 15.6 Å². The first-order chi connectivity index (χ1) is 10.2. The van der Waals surface area contributed by atoms with Crippen molar-refractivity contribution >= 4 is 17.2 Å². The normalized spacial score (nSPS) is 27.9. The fraction of sp³-hybridized carbons (Fsp3) is 0.733. The molecule has 0 spiro atoms. The van der Waals surface area contributed by atoms with Crippen LogP contribution in [0.1, 0.15) is 31.4 Å². The van der Waals surface area contributed by atoms with Crippen LogP contribution in [0.4, 0.5) is 0 Å². The molecule has 1 saturated heterocycles. The van der Waals surface area contributed by atoms with Gasteiger partial charge in [0.2, 0.25) is 5.91 Å². The summed E-state index contributed by atoms with van der Waals surface area (Å²) in [5, 5.41) is 18.1. The van der Waals surface area contributed by atoms with Crippen molar-refractivity contribution in [3.63, 3.8) is 0 Å². The lowest BCUT2D eigenvalue weighted by atomic mass is 9.71. The Labute approximate surface area is 129 Å². The highest BCUT2D eigenvalue weighted by molar-refractivity contribution is 7.07. The van der Waals surface area contributed by atoms with E-state index in [0.29, 0.717) is 18.3 Å². The van der Waals surface area contributed by atoms with E-state index in [2.05, 4.69) is 15.6 Å². The number of amides is 1. The maximum Gasteiger partial charge on any atom is 0.226 e. The quantitative estimate of drug-likeness (QED) is 0.757. The summed E-state index contributed by atoms with van der Waals surface area (Å²) in [5.41, 5.74) is 2.60. The number of nitrogens with zero attached hydrogens (tertiary/aromatic N) is 1. The van der Waals surface area contributed by atoms with Crippen molar-refractivity contribution in [2.24, 2.45) is 11.8 Å². The maximum atomic E-state index is 12.3. The summed E-state index contributed by atoms with van der Waals surface area (Å²) in [5.74, 6) is 1.02. The molecule has 1 aromatic rings. The summed E-state index contributed by atoms with van der Waals surface area (Å²) in [6.45, 7) is 2.05. The highest BCUT2D eigenvalue weighted by atomic mass is 32.1. The topological polar surface area (TPSA) is 74.2 Å². The Morgan fingerprint density at radius 3 is 2.81 bits per heavy atom. The third-order valence-electron chi connectivity index (χ3n) is 4.70. The predicted octanol–water partition coefficient (Wildman–Crippen LogP) is 0.941. The molecule has 5 nitrogen and oxygen atoms in total. The van der Waals surface area contributed by atoms with Gasteiger partial charge in [0, 0.05) is 11.4 Å². The Morgan fingerprint density at radius 2 is 2.19 bits per heavy atom. The minimum Gasteiger partial charge on any atom is -0.393 e. The molecule has 1 atom stereocenters. The standard InChI is InChI=1S/C15H23N3O2S/c19-13-5-11(6-13)15(10-1-3-16-4-2-10)18-14(20)7-12-8-21-9-17-12/h8-11,13,15-16,19H,1-7H2,(H,18,20)/t11?,13?,15-/m0/s1. The number of hydrogen-bond acceptors (Lipinski definition) is 5. The molecule has 1 amide bonds. The molecule has 3 rings (SSSR count).